The van der Waals surface area contributed by atoms with Gasteiger partial charge in [-0.3, -0.25) is 0 Å². The lowest BCUT2D eigenvalue weighted by atomic mass is 9.84. The fraction of sp³-hybridized carbons (Fsp3) is 0.500. The topological polar surface area (TPSA) is 56.8 Å². The lowest BCUT2D eigenvalue weighted by Gasteiger charge is -2.33. The zero-order valence-electron chi connectivity index (χ0n) is 11.1. The zero-order chi connectivity index (χ0) is 13.5. The van der Waals surface area contributed by atoms with Crippen LogP contribution in [0.4, 0.5) is 0 Å². The highest BCUT2D eigenvalue weighted by Crippen LogP contribution is 2.46. The Morgan fingerprint density at radius 2 is 1.79 bits per heavy atom. The first-order chi connectivity index (χ1) is 9.20. The Labute approximate surface area is 111 Å². The third-order valence-electron chi connectivity index (χ3n) is 3.93. The van der Waals surface area contributed by atoms with Crippen molar-refractivity contribution in [2.24, 2.45) is 0 Å². The average molecular weight is 263 g/mol. The van der Waals surface area contributed by atoms with Gasteiger partial charge in [-0.2, -0.15) is 0 Å². The minimum absolute atomic E-state index is 0.266. The van der Waals surface area contributed by atoms with Gasteiger partial charge in [0.2, 0.25) is 0 Å². The van der Waals surface area contributed by atoms with Gasteiger partial charge in [-0.25, -0.2) is 4.79 Å². The van der Waals surface area contributed by atoms with Crippen molar-refractivity contribution in [3.63, 3.8) is 0 Å². The Morgan fingerprint density at radius 1 is 1.16 bits per heavy atom. The monoisotopic (exact) mass is 263 g/mol. The number of ether oxygens (including phenoxy) is 3. The number of rotatable bonds is 2. The second-order valence-corrected chi connectivity index (χ2v) is 4.89. The van der Waals surface area contributed by atoms with Crippen LogP contribution in [0.25, 0.3) is 0 Å². The predicted molar refractivity (Wildman–Crippen MR) is 68.7 cm³/mol. The Balaban J connectivity index is 2.13. The van der Waals surface area contributed by atoms with Crippen LogP contribution < -0.4 is 14.8 Å². The van der Waals surface area contributed by atoms with Crippen molar-refractivity contribution in [1.29, 1.82) is 0 Å². The summed E-state index contributed by atoms with van der Waals surface area (Å²) < 4.78 is 16.2. The van der Waals surface area contributed by atoms with Crippen LogP contribution in [0.2, 0.25) is 0 Å². The molecule has 2 aliphatic heterocycles. The molecule has 1 aromatic carbocycles. The van der Waals surface area contributed by atoms with Crippen LogP contribution in [0.5, 0.6) is 11.5 Å². The normalized spacial score (nSPS) is 20.0. The Morgan fingerprint density at radius 3 is 2.42 bits per heavy atom. The fourth-order valence-electron chi connectivity index (χ4n) is 2.91. The lowest BCUT2D eigenvalue weighted by Crippen LogP contribution is -2.40. The Bertz CT molecular complexity index is 520. The van der Waals surface area contributed by atoms with Crippen LogP contribution in [-0.4, -0.2) is 33.3 Å². The number of hydrogen-bond acceptors (Lipinski definition) is 5. The molecule has 1 N–H and O–H groups in total. The number of carbonyl (C=O) groups is 1. The van der Waals surface area contributed by atoms with Crippen LogP contribution in [0.3, 0.4) is 0 Å². The smallest absolute Gasteiger partial charge is 0.339 e. The predicted octanol–water partition coefficient (Wildman–Crippen LogP) is 1.45. The summed E-state index contributed by atoms with van der Waals surface area (Å²) in [7, 11) is 3.15. The number of benzene rings is 1. The summed E-state index contributed by atoms with van der Waals surface area (Å²) >= 11 is 0. The van der Waals surface area contributed by atoms with Gasteiger partial charge in [-0.05, 0) is 25.2 Å². The molecule has 0 aliphatic carbocycles. The summed E-state index contributed by atoms with van der Waals surface area (Å²) in [6, 6.07) is 3.59. The van der Waals surface area contributed by atoms with E-state index >= 15 is 0 Å². The molecule has 1 saturated heterocycles. The minimum atomic E-state index is -0.489. The summed E-state index contributed by atoms with van der Waals surface area (Å²) in [6.07, 6.45) is 1.59. The van der Waals surface area contributed by atoms with Crippen LogP contribution >= 0.6 is 0 Å². The van der Waals surface area contributed by atoms with Gasteiger partial charge in [0.25, 0.3) is 0 Å². The number of fused-ring (bicyclic) bond motifs is 2. The quantitative estimate of drug-likeness (QED) is 0.818. The van der Waals surface area contributed by atoms with E-state index in [4.69, 9.17) is 14.2 Å². The summed E-state index contributed by atoms with van der Waals surface area (Å²) in [5.74, 6) is 0.930. The fourth-order valence-corrected chi connectivity index (χ4v) is 2.91. The first-order valence-electron chi connectivity index (χ1n) is 6.41. The number of methoxy groups -OCH3 is 2. The molecule has 5 nitrogen and oxygen atoms in total. The lowest BCUT2D eigenvalue weighted by molar-refractivity contribution is -0.0242. The number of nitrogens with one attached hydrogen (secondary N) is 1. The molecular weight excluding hydrogens is 246 g/mol. The molecule has 0 atom stereocenters. The standard InChI is InChI=1S/C14H17NO4/c1-17-11-7-9-10(8-12(11)18-2)14(19-13(9)16)3-5-15-6-4-14/h7-8,15H,3-6H2,1-2H3. The average Bonchev–Trinajstić information content (AvgIpc) is 2.70. The maximum atomic E-state index is 12.1. The minimum Gasteiger partial charge on any atom is -0.493 e. The van der Waals surface area contributed by atoms with E-state index in [-0.39, 0.29) is 5.97 Å². The largest absolute Gasteiger partial charge is 0.493 e. The highest BCUT2D eigenvalue weighted by molar-refractivity contribution is 5.95. The molecule has 5 heteroatoms. The van der Waals surface area contributed by atoms with Crippen molar-refractivity contribution in [3.05, 3.63) is 23.3 Å². The van der Waals surface area contributed by atoms with Crippen molar-refractivity contribution in [2.75, 3.05) is 27.3 Å². The second kappa shape index (κ2) is 4.42. The molecule has 1 spiro atoms. The summed E-state index contributed by atoms with van der Waals surface area (Å²) in [5.41, 5.74) is 1.04. The van der Waals surface area contributed by atoms with E-state index in [1.54, 1.807) is 20.3 Å². The Hall–Kier alpha value is -1.75. The summed E-state index contributed by atoms with van der Waals surface area (Å²) in [4.78, 5) is 12.1. The van der Waals surface area contributed by atoms with Crippen molar-refractivity contribution in [1.82, 2.24) is 5.32 Å². The molecule has 19 heavy (non-hydrogen) atoms. The molecule has 2 heterocycles. The van der Waals surface area contributed by atoms with E-state index in [0.29, 0.717) is 17.1 Å². The molecule has 2 aliphatic rings. The maximum absolute atomic E-state index is 12.1. The molecule has 1 fully saturated rings. The molecule has 3 rings (SSSR count). The van der Waals surface area contributed by atoms with Crippen LogP contribution in [-0.2, 0) is 10.3 Å². The van der Waals surface area contributed by atoms with E-state index in [0.717, 1.165) is 31.5 Å². The molecule has 0 unspecified atom stereocenters. The molecule has 0 saturated carbocycles. The maximum Gasteiger partial charge on any atom is 0.339 e. The number of esters is 1. The van der Waals surface area contributed by atoms with Gasteiger partial charge < -0.3 is 19.5 Å². The Kier molecular flexibility index (Phi) is 2.86. The van der Waals surface area contributed by atoms with E-state index in [1.165, 1.54) is 0 Å². The van der Waals surface area contributed by atoms with Crippen LogP contribution in [0, 0.1) is 0 Å². The van der Waals surface area contributed by atoms with E-state index in [2.05, 4.69) is 5.32 Å². The van der Waals surface area contributed by atoms with Gasteiger partial charge in [-0.1, -0.05) is 0 Å². The van der Waals surface area contributed by atoms with Crippen molar-refractivity contribution >= 4 is 5.97 Å². The van der Waals surface area contributed by atoms with E-state index in [1.807, 2.05) is 6.07 Å². The molecule has 0 amide bonds. The van der Waals surface area contributed by atoms with Crippen molar-refractivity contribution in [3.8, 4) is 11.5 Å². The number of carbonyl (C=O) groups excluding carboxylic acids is 1. The zero-order valence-corrected chi connectivity index (χ0v) is 11.1. The van der Waals surface area contributed by atoms with Gasteiger partial charge >= 0.3 is 5.97 Å². The molecular formula is C14H17NO4. The molecule has 102 valence electrons. The van der Waals surface area contributed by atoms with Crippen molar-refractivity contribution in [2.45, 2.75) is 18.4 Å². The molecule has 0 aromatic heterocycles. The summed E-state index contributed by atoms with van der Waals surface area (Å²) in [5, 5.41) is 3.29. The van der Waals surface area contributed by atoms with Gasteiger partial charge in [0.05, 0.1) is 19.8 Å². The van der Waals surface area contributed by atoms with Crippen LogP contribution in [0.15, 0.2) is 12.1 Å². The molecule has 0 bridgehead atoms. The molecule has 0 radical (unpaired) electrons. The van der Waals surface area contributed by atoms with Gasteiger partial charge in [-0.15, -0.1) is 0 Å². The highest BCUT2D eigenvalue weighted by Gasteiger charge is 2.46. The third-order valence-corrected chi connectivity index (χ3v) is 3.93. The van der Waals surface area contributed by atoms with Crippen molar-refractivity contribution < 1.29 is 19.0 Å². The van der Waals surface area contributed by atoms with E-state index in [9.17, 15) is 4.79 Å². The first kappa shape index (κ1) is 12.3. The first-order valence-corrected chi connectivity index (χ1v) is 6.41. The SMILES string of the molecule is COc1cc2c(cc1OC)C1(CCNCC1)OC2=O. The number of piperidine rings is 1. The third kappa shape index (κ3) is 1.76. The number of hydrogen-bond donors (Lipinski definition) is 1. The molecule has 1 aromatic rings. The van der Waals surface area contributed by atoms with Gasteiger partial charge in [0.15, 0.2) is 11.5 Å². The second-order valence-electron chi connectivity index (χ2n) is 4.89. The van der Waals surface area contributed by atoms with E-state index < -0.39 is 5.60 Å². The highest BCUT2D eigenvalue weighted by atomic mass is 16.6. The summed E-state index contributed by atoms with van der Waals surface area (Å²) in [6.45, 7) is 1.70. The van der Waals surface area contributed by atoms with Crippen LogP contribution in [0.1, 0.15) is 28.8 Å². The van der Waals surface area contributed by atoms with Gasteiger partial charge in [0.1, 0.15) is 5.60 Å². The van der Waals surface area contributed by atoms with Gasteiger partial charge in [0, 0.05) is 18.4 Å².